The van der Waals surface area contributed by atoms with Crippen LogP contribution in [-0.2, 0) is 0 Å². The van der Waals surface area contributed by atoms with Gasteiger partial charge in [0.05, 0.1) is 0 Å². The quantitative estimate of drug-likeness (QED) is 0.644. The molecule has 106 valence electrons. The molecule has 0 aliphatic rings. The van der Waals surface area contributed by atoms with E-state index >= 15 is 0 Å². The third-order valence-electron chi connectivity index (χ3n) is 3.75. The first-order valence-electron chi connectivity index (χ1n) is 7.03. The van der Waals surface area contributed by atoms with Gasteiger partial charge in [0.25, 0.3) is 0 Å². The lowest BCUT2D eigenvalue weighted by Crippen LogP contribution is -1.89. The summed E-state index contributed by atoms with van der Waals surface area (Å²) in [6, 6.07) is 13.9. The molecular formula is C17H17N3O. The Hall–Kier alpha value is -2.49. The molecule has 0 unspecified atom stereocenters. The van der Waals surface area contributed by atoms with Gasteiger partial charge < -0.3 is 0 Å². The summed E-state index contributed by atoms with van der Waals surface area (Å²) in [5.41, 5.74) is 4.50. The van der Waals surface area contributed by atoms with Crippen molar-refractivity contribution in [3.05, 3.63) is 58.6 Å². The van der Waals surface area contributed by atoms with Gasteiger partial charge in [0, 0.05) is 11.3 Å². The summed E-state index contributed by atoms with van der Waals surface area (Å²) >= 11 is 0. The van der Waals surface area contributed by atoms with Crippen molar-refractivity contribution in [2.24, 2.45) is 5.18 Å². The second-order valence-corrected chi connectivity index (χ2v) is 5.51. The van der Waals surface area contributed by atoms with E-state index in [4.69, 9.17) is 0 Å². The molecule has 3 rings (SSSR count). The number of imidazole rings is 1. The highest BCUT2D eigenvalue weighted by Crippen LogP contribution is 2.32. The van der Waals surface area contributed by atoms with Crippen molar-refractivity contribution in [2.75, 3.05) is 0 Å². The first-order chi connectivity index (χ1) is 10.1. The van der Waals surface area contributed by atoms with Gasteiger partial charge in [-0.3, -0.25) is 4.40 Å². The molecule has 2 aromatic heterocycles. The molecule has 21 heavy (non-hydrogen) atoms. The molecule has 0 saturated carbocycles. The zero-order valence-corrected chi connectivity index (χ0v) is 12.4. The molecule has 0 bridgehead atoms. The van der Waals surface area contributed by atoms with E-state index in [0.29, 0.717) is 17.4 Å². The topological polar surface area (TPSA) is 46.7 Å². The summed E-state index contributed by atoms with van der Waals surface area (Å²) in [4.78, 5) is 15.9. The SMILES string of the molecule is Cc1cccc2nc(-c3ccc(C(C)C)cc3)c(N=O)n12. The van der Waals surface area contributed by atoms with Crippen LogP contribution in [0.4, 0.5) is 5.82 Å². The molecule has 4 heteroatoms. The van der Waals surface area contributed by atoms with Crippen molar-refractivity contribution in [1.29, 1.82) is 0 Å². The third kappa shape index (κ3) is 2.23. The van der Waals surface area contributed by atoms with Crippen molar-refractivity contribution in [3.8, 4) is 11.3 Å². The van der Waals surface area contributed by atoms with Gasteiger partial charge in [-0.25, -0.2) is 4.98 Å². The largest absolute Gasteiger partial charge is 0.278 e. The molecule has 0 fully saturated rings. The molecule has 0 amide bonds. The Kier molecular flexibility index (Phi) is 3.29. The number of aromatic nitrogens is 2. The highest BCUT2D eigenvalue weighted by Gasteiger charge is 2.16. The standard InChI is InChI=1S/C17H17N3O/c1-11(2)13-7-9-14(10-8-13)16-17(19-21)20-12(3)5-4-6-15(20)18-16/h4-11H,1-3H3. The van der Waals surface area contributed by atoms with E-state index in [1.54, 1.807) is 4.40 Å². The predicted octanol–water partition coefficient (Wildman–Crippen LogP) is 4.83. The Labute approximate surface area is 123 Å². The van der Waals surface area contributed by atoms with Crippen LogP contribution in [0, 0.1) is 11.8 Å². The summed E-state index contributed by atoms with van der Waals surface area (Å²) in [5.74, 6) is 0.839. The summed E-state index contributed by atoms with van der Waals surface area (Å²) in [6.45, 7) is 6.25. The van der Waals surface area contributed by atoms with Crippen LogP contribution in [-0.4, -0.2) is 9.38 Å². The fourth-order valence-corrected chi connectivity index (χ4v) is 2.54. The van der Waals surface area contributed by atoms with Crippen LogP contribution >= 0.6 is 0 Å². The normalized spacial score (nSPS) is 11.2. The minimum absolute atomic E-state index is 0.361. The van der Waals surface area contributed by atoms with Crippen LogP contribution in [0.5, 0.6) is 0 Å². The Balaban J connectivity index is 2.20. The second-order valence-electron chi connectivity index (χ2n) is 5.51. The van der Waals surface area contributed by atoms with Crippen molar-refractivity contribution < 1.29 is 0 Å². The van der Waals surface area contributed by atoms with Crippen molar-refractivity contribution in [1.82, 2.24) is 9.38 Å². The van der Waals surface area contributed by atoms with Crippen molar-refractivity contribution >= 4 is 11.5 Å². The van der Waals surface area contributed by atoms with E-state index in [-0.39, 0.29) is 0 Å². The molecular weight excluding hydrogens is 262 g/mol. The van der Waals surface area contributed by atoms with Crippen LogP contribution in [0.25, 0.3) is 16.9 Å². The maximum absolute atomic E-state index is 11.3. The molecule has 0 radical (unpaired) electrons. The number of aryl methyl sites for hydroxylation is 1. The van der Waals surface area contributed by atoms with Gasteiger partial charge >= 0.3 is 0 Å². The van der Waals surface area contributed by atoms with E-state index in [9.17, 15) is 4.91 Å². The Morgan fingerprint density at radius 1 is 1.10 bits per heavy atom. The molecule has 0 atom stereocenters. The second kappa shape index (κ2) is 5.13. The number of hydrogen-bond acceptors (Lipinski definition) is 3. The van der Waals surface area contributed by atoms with Gasteiger partial charge in [0.1, 0.15) is 11.3 Å². The minimum Gasteiger partial charge on any atom is -0.278 e. The van der Waals surface area contributed by atoms with Crippen LogP contribution in [0.15, 0.2) is 47.6 Å². The zero-order chi connectivity index (χ0) is 15.0. The fraction of sp³-hybridized carbons (Fsp3) is 0.235. The maximum atomic E-state index is 11.3. The molecule has 0 aliphatic carbocycles. The number of nitrogens with zero attached hydrogens (tertiary/aromatic N) is 3. The molecule has 4 nitrogen and oxygen atoms in total. The number of hydrogen-bond donors (Lipinski definition) is 0. The Bertz CT molecular complexity index is 801. The Morgan fingerprint density at radius 3 is 2.43 bits per heavy atom. The molecule has 1 aromatic carbocycles. The van der Waals surface area contributed by atoms with Crippen LogP contribution in [0.1, 0.15) is 31.0 Å². The van der Waals surface area contributed by atoms with E-state index in [0.717, 1.165) is 16.9 Å². The molecule has 0 N–H and O–H groups in total. The van der Waals surface area contributed by atoms with Crippen LogP contribution in [0.3, 0.4) is 0 Å². The van der Waals surface area contributed by atoms with Gasteiger partial charge in [0.2, 0.25) is 5.82 Å². The first-order valence-corrected chi connectivity index (χ1v) is 7.03. The average Bonchev–Trinajstić information content (AvgIpc) is 2.87. The van der Waals surface area contributed by atoms with E-state index in [2.05, 4.69) is 36.1 Å². The van der Waals surface area contributed by atoms with Gasteiger partial charge in [-0.1, -0.05) is 44.2 Å². The average molecular weight is 279 g/mol. The van der Waals surface area contributed by atoms with Crippen molar-refractivity contribution in [2.45, 2.75) is 26.7 Å². The predicted molar refractivity (Wildman–Crippen MR) is 84.9 cm³/mol. The van der Waals surface area contributed by atoms with Crippen LogP contribution < -0.4 is 0 Å². The minimum atomic E-state index is 0.361. The number of rotatable bonds is 3. The number of fused-ring (bicyclic) bond motifs is 1. The summed E-state index contributed by atoms with van der Waals surface area (Å²) < 4.78 is 1.79. The smallest absolute Gasteiger partial charge is 0.209 e. The molecule has 3 aromatic rings. The Morgan fingerprint density at radius 2 is 1.81 bits per heavy atom. The third-order valence-corrected chi connectivity index (χ3v) is 3.75. The summed E-state index contributed by atoms with van der Waals surface area (Å²) in [7, 11) is 0. The first kappa shape index (κ1) is 13.5. The lowest BCUT2D eigenvalue weighted by Gasteiger charge is -2.05. The fourth-order valence-electron chi connectivity index (χ4n) is 2.54. The highest BCUT2D eigenvalue weighted by molar-refractivity contribution is 5.75. The number of benzene rings is 1. The number of pyridine rings is 1. The van der Waals surface area contributed by atoms with E-state index in [1.165, 1.54) is 5.56 Å². The molecule has 0 spiro atoms. The maximum Gasteiger partial charge on any atom is 0.209 e. The highest BCUT2D eigenvalue weighted by atomic mass is 16.3. The lowest BCUT2D eigenvalue weighted by molar-refractivity contribution is 0.867. The van der Waals surface area contributed by atoms with E-state index < -0.39 is 0 Å². The summed E-state index contributed by atoms with van der Waals surface area (Å²) in [6.07, 6.45) is 0. The molecule has 0 saturated heterocycles. The zero-order valence-electron chi connectivity index (χ0n) is 12.4. The van der Waals surface area contributed by atoms with Gasteiger partial charge in [0.15, 0.2) is 0 Å². The van der Waals surface area contributed by atoms with Crippen LogP contribution in [0.2, 0.25) is 0 Å². The molecule has 0 aliphatic heterocycles. The van der Waals surface area contributed by atoms with E-state index in [1.807, 2.05) is 37.3 Å². The van der Waals surface area contributed by atoms with Crippen molar-refractivity contribution in [3.63, 3.8) is 0 Å². The molecule has 2 heterocycles. The number of nitroso groups, excluding NO2 is 1. The summed E-state index contributed by atoms with van der Waals surface area (Å²) in [5, 5.41) is 3.20. The lowest BCUT2D eigenvalue weighted by atomic mass is 10.0. The van der Waals surface area contributed by atoms with Gasteiger partial charge in [-0.2, -0.15) is 0 Å². The monoisotopic (exact) mass is 279 g/mol. The van der Waals surface area contributed by atoms with Gasteiger partial charge in [-0.05, 0) is 35.7 Å². The van der Waals surface area contributed by atoms with Gasteiger partial charge in [-0.15, -0.1) is 4.91 Å².